The molecule has 1 heterocycles. The minimum atomic E-state index is -3.41. The van der Waals surface area contributed by atoms with Gasteiger partial charge in [0.25, 0.3) is 11.4 Å². The SMILES string of the molecule is CCOC(=O)[C@@](F)(C(=O)c1ccc([N+](=O)[O-])cc1)[C@H]1CC(=O)N(C)C1=O. The van der Waals surface area contributed by atoms with Crippen LogP contribution >= 0.6 is 0 Å². The van der Waals surface area contributed by atoms with Crippen LogP contribution in [-0.2, 0) is 19.1 Å². The lowest BCUT2D eigenvalue weighted by molar-refractivity contribution is -0.384. The Kier molecular flexibility index (Phi) is 5.15. The monoisotopic (exact) mass is 366 g/mol. The summed E-state index contributed by atoms with van der Waals surface area (Å²) in [4.78, 5) is 59.4. The number of nitro benzene ring substituents is 1. The van der Waals surface area contributed by atoms with Gasteiger partial charge in [0, 0.05) is 31.2 Å². The summed E-state index contributed by atoms with van der Waals surface area (Å²) in [7, 11) is 1.12. The predicted molar refractivity (Wildman–Crippen MR) is 83.8 cm³/mol. The number of hydrogen-bond acceptors (Lipinski definition) is 7. The fourth-order valence-electron chi connectivity index (χ4n) is 2.64. The van der Waals surface area contributed by atoms with E-state index in [1.165, 1.54) is 6.92 Å². The molecule has 138 valence electrons. The van der Waals surface area contributed by atoms with Crippen LogP contribution in [0.5, 0.6) is 0 Å². The number of likely N-dealkylation sites (tertiary alicyclic amines) is 1. The number of carbonyl (C=O) groups is 4. The molecule has 26 heavy (non-hydrogen) atoms. The summed E-state index contributed by atoms with van der Waals surface area (Å²) < 4.78 is 20.3. The average molecular weight is 366 g/mol. The van der Waals surface area contributed by atoms with Crippen LogP contribution in [-0.4, -0.2) is 52.7 Å². The van der Waals surface area contributed by atoms with E-state index in [4.69, 9.17) is 0 Å². The number of Topliss-reactive ketones (excluding diaryl/α,β-unsaturated/α-hetero) is 1. The van der Waals surface area contributed by atoms with E-state index in [-0.39, 0.29) is 17.9 Å². The Morgan fingerprint density at radius 1 is 1.35 bits per heavy atom. The van der Waals surface area contributed by atoms with Gasteiger partial charge in [-0.2, -0.15) is 0 Å². The second kappa shape index (κ2) is 6.98. The predicted octanol–water partition coefficient (Wildman–Crippen LogP) is 1.05. The molecule has 2 amide bonds. The second-order valence-electron chi connectivity index (χ2n) is 5.61. The van der Waals surface area contributed by atoms with Gasteiger partial charge in [0.2, 0.25) is 17.6 Å². The number of carbonyl (C=O) groups excluding carboxylic acids is 4. The third-order valence-electron chi connectivity index (χ3n) is 4.10. The molecule has 0 spiro atoms. The van der Waals surface area contributed by atoms with Crippen LogP contribution in [0.3, 0.4) is 0 Å². The molecule has 0 aromatic heterocycles. The van der Waals surface area contributed by atoms with Crippen molar-refractivity contribution in [3.63, 3.8) is 0 Å². The molecule has 1 aliphatic rings. The minimum Gasteiger partial charge on any atom is -0.463 e. The van der Waals surface area contributed by atoms with Gasteiger partial charge in [-0.15, -0.1) is 0 Å². The lowest BCUT2D eigenvalue weighted by atomic mass is 9.81. The number of hydrogen-bond donors (Lipinski definition) is 0. The summed E-state index contributed by atoms with van der Waals surface area (Å²) in [6, 6.07) is 3.87. The first-order valence-electron chi connectivity index (χ1n) is 7.60. The van der Waals surface area contributed by atoms with Crippen LogP contribution in [0.1, 0.15) is 23.7 Å². The number of rotatable bonds is 6. The number of esters is 1. The van der Waals surface area contributed by atoms with Crippen molar-refractivity contribution in [2.75, 3.05) is 13.7 Å². The van der Waals surface area contributed by atoms with Gasteiger partial charge in [-0.1, -0.05) is 0 Å². The van der Waals surface area contributed by atoms with Crippen molar-refractivity contribution in [2.24, 2.45) is 5.92 Å². The zero-order valence-electron chi connectivity index (χ0n) is 13.9. The molecule has 0 aliphatic carbocycles. The topological polar surface area (TPSA) is 124 Å². The molecule has 1 fully saturated rings. The highest BCUT2D eigenvalue weighted by Gasteiger charge is 2.61. The van der Waals surface area contributed by atoms with Crippen molar-refractivity contribution >= 4 is 29.3 Å². The van der Waals surface area contributed by atoms with E-state index in [0.717, 1.165) is 31.3 Å². The number of imide groups is 1. The largest absolute Gasteiger partial charge is 0.463 e. The Morgan fingerprint density at radius 2 is 1.92 bits per heavy atom. The first-order valence-corrected chi connectivity index (χ1v) is 7.60. The molecule has 2 atom stereocenters. The van der Waals surface area contributed by atoms with E-state index in [1.807, 2.05) is 0 Å². The number of amides is 2. The highest BCUT2D eigenvalue weighted by atomic mass is 19.1. The van der Waals surface area contributed by atoms with E-state index in [0.29, 0.717) is 4.90 Å². The number of nitro groups is 1. The minimum absolute atomic E-state index is 0.247. The van der Waals surface area contributed by atoms with Crippen LogP contribution < -0.4 is 0 Å². The molecule has 1 aliphatic heterocycles. The lowest BCUT2D eigenvalue weighted by Crippen LogP contribution is -2.52. The van der Waals surface area contributed by atoms with E-state index in [9.17, 15) is 29.3 Å². The average Bonchev–Trinajstić information content (AvgIpc) is 2.88. The molecule has 9 nitrogen and oxygen atoms in total. The summed E-state index contributed by atoms with van der Waals surface area (Å²) >= 11 is 0. The van der Waals surface area contributed by atoms with Crippen molar-refractivity contribution in [2.45, 2.75) is 19.0 Å². The summed E-state index contributed by atoms with van der Waals surface area (Å²) in [5, 5.41) is 10.7. The Hall–Kier alpha value is -3.17. The van der Waals surface area contributed by atoms with Gasteiger partial charge in [0.1, 0.15) is 5.92 Å². The molecule has 0 N–H and O–H groups in total. The standard InChI is InChI=1S/C16H15FN2O7/c1-3-26-15(23)16(17,11-8-12(20)18(2)14(11)22)13(21)9-4-6-10(7-5-9)19(24)25/h4-7,11H,3,8H2,1-2H3/t11-,16-/m0/s1. The molecule has 1 aromatic rings. The molecule has 0 saturated carbocycles. The quantitative estimate of drug-likeness (QED) is 0.184. The molecular weight excluding hydrogens is 351 g/mol. The summed E-state index contributed by atoms with van der Waals surface area (Å²) in [5.74, 6) is -6.58. The molecular formula is C16H15FN2O7. The third kappa shape index (κ3) is 3.05. The number of halogens is 1. The normalized spacial score (nSPS) is 19.2. The van der Waals surface area contributed by atoms with Crippen molar-refractivity contribution in [3.05, 3.63) is 39.9 Å². The van der Waals surface area contributed by atoms with Crippen LogP contribution in [0.15, 0.2) is 24.3 Å². The maximum Gasteiger partial charge on any atom is 0.353 e. The van der Waals surface area contributed by atoms with Gasteiger partial charge < -0.3 is 4.74 Å². The van der Waals surface area contributed by atoms with Gasteiger partial charge >= 0.3 is 5.97 Å². The molecule has 2 rings (SSSR count). The zero-order valence-corrected chi connectivity index (χ0v) is 13.9. The van der Waals surface area contributed by atoms with Crippen molar-refractivity contribution in [1.29, 1.82) is 0 Å². The van der Waals surface area contributed by atoms with Gasteiger partial charge in [0.05, 0.1) is 11.5 Å². The van der Waals surface area contributed by atoms with Crippen molar-refractivity contribution in [3.8, 4) is 0 Å². The Balaban J connectivity index is 2.48. The lowest BCUT2D eigenvalue weighted by Gasteiger charge is -2.26. The zero-order chi connectivity index (χ0) is 19.6. The third-order valence-corrected chi connectivity index (χ3v) is 4.10. The van der Waals surface area contributed by atoms with Gasteiger partial charge in [-0.3, -0.25) is 29.4 Å². The highest BCUT2D eigenvalue weighted by Crippen LogP contribution is 2.36. The highest BCUT2D eigenvalue weighted by molar-refractivity contribution is 6.20. The molecule has 0 radical (unpaired) electrons. The Bertz CT molecular complexity index is 792. The van der Waals surface area contributed by atoms with Crippen LogP contribution in [0.25, 0.3) is 0 Å². The Morgan fingerprint density at radius 3 is 2.35 bits per heavy atom. The fourth-order valence-corrected chi connectivity index (χ4v) is 2.64. The number of nitrogens with zero attached hydrogens (tertiary/aromatic N) is 2. The number of ketones is 1. The number of benzene rings is 1. The van der Waals surface area contributed by atoms with E-state index < -0.39 is 46.5 Å². The number of non-ortho nitro benzene ring substituents is 1. The van der Waals surface area contributed by atoms with E-state index in [2.05, 4.69) is 4.74 Å². The van der Waals surface area contributed by atoms with E-state index in [1.54, 1.807) is 0 Å². The smallest absolute Gasteiger partial charge is 0.353 e. The summed E-state index contributed by atoms with van der Waals surface area (Å²) in [6.45, 7) is 1.14. The maximum atomic E-state index is 15.7. The van der Waals surface area contributed by atoms with Gasteiger partial charge in [0.15, 0.2) is 0 Å². The van der Waals surface area contributed by atoms with Crippen molar-refractivity contribution < 1.29 is 33.2 Å². The summed E-state index contributed by atoms with van der Waals surface area (Å²) in [6.07, 6.45) is -0.663. The van der Waals surface area contributed by atoms with Gasteiger partial charge in [-0.05, 0) is 19.1 Å². The van der Waals surface area contributed by atoms with Crippen molar-refractivity contribution in [1.82, 2.24) is 4.90 Å². The number of alkyl halides is 1. The maximum absolute atomic E-state index is 15.7. The second-order valence-corrected chi connectivity index (χ2v) is 5.61. The first kappa shape index (κ1) is 19.2. The van der Waals surface area contributed by atoms with Crippen LogP contribution in [0, 0.1) is 16.0 Å². The molecule has 0 unspecified atom stereocenters. The van der Waals surface area contributed by atoms with Crippen LogP contribution in [0.4, 0.5) is 10.1 Å². The number of ether oxygens (including phenoxy) is 1. The molecule has 10 heteroatoms. The Labute approximate surface area is 146 Å². The first-order chi connectivity index (χ1) is 12.1. The van der Waals surface area contributed by atoms with Crippen LogP contribution in [0.2, 0.25) is 0 Å². The van der Waals surface area contributed by atoms with Gasteiger partial charge in [-0.25, -0.2) is 9.18 Å². The molecule has 1 aromatic carbocycles. The fraction of sp³-hybridized carbons (Fsp3) is 0.375. The van der Waals surface area contributed by atoms with E-state index >= 15 is 4.39 Å². The molecule has 0 bridgehead atoms. The molecule has 1 saturated heterocycles. The summed E-state index contributed by atoms with van der Waals surface area (Å²) in [5.41, 5.74) is -4.11.